The van der Waals surface area contributed by atoms with Gasteiger partial charge in [-0.2, -0.15) is 8.62 Å². The first-order valence-electron chi connectivity index (χ1n) is 7.42. The Balaban J connectivity index is 1.93. The molecule has 0 aromatic heterocycles. The van der Waals surface area contributed by atoms with Gasteiger partial charge in [0, 0.05) is 12.3 Å². The lowest BCUT2D eigenvalue weighted by atomic mass is 10.0. The van der Waals surface area contributed by atoms with E-state index in [4.69, 9.17) is 25.8 Å². The molecular formula is C11H17N2O12P3. The Morgan fingerprint density at radius 3 is 2.46 bits per heavy atom. The van der Waals surface area contributed by atoms with E-state index in [1.54, 1.807) is 4.90 Å². The van der Waals surface area contributed by atoms with Crippen LogP contribution in [0.5, 0.6) is 0 Å². The Kier molecular flexibility index (Phi) is 7.26. The first-order valence-corrected chi connectivity index (χ1v) is 11.9. The Labute approximate surface area is 158 Å². The van der Waals surface area contributed by atoms with Crippen LogP contribution in [0, 0.1) is 18.3 Å². The molecule has 2 aliphatic rings. The molecule has 14 nitrogen and oxygen atoms in total. The molecule has 0 aromatic carbocycles. The van der Waals surface area contributed by atoms with E-state index in [-0.39, 0.29) is 19.0 Å². The number of carbonyl (C=O) groups excluding carboxylic acids is 1. The summed E-state index contributed by atoms with van der Waals surface area (Å²) in [7, 11) is -16.3. The van der Waals surface area contributed by atoms with E-state index in [1.807, 2.05) is 0 Å². The summed E-state index contributed by atoms with van der Waals surface area (Å²) in [5, 5.41) is 2.55. The van der Waals surface area contributed by atoms with Gasteiger partial charge in [-0.1, -0.05) is 5.92 Å². The predicted molar refractivity (Wildman–Crippen MR) is 89.4 cm³/mol. The Hall–Kier alpha value is -1.06. The molecule has 1 amide bonds. The molecule has 2 aliphatic heterocycles. The van der Waals surface area contributed by atoms with Crippen LogP contribution in [0.4, 0.5) is 0 Å². The van der Waals surface area contributed by atoms with Crippen molar-refractivity contribution in [3.05, 3.63) is 12.3 Å². The van der Waals surface area contributed by atoms with Gasteiger partial charge in [0.25, 0.3) is 0 Å². The molecule has 17 heteroatoms. The van der Waals surface area contributed by atoms with Crippen LogP contribution in [0.25, 0.3) is 0 Å². The monoisotopic (exact) mass is 462 g/mol. The molecule has 0 spiro atoms. The molecule has 1 fully saturated rings. The highest BCUT2D eigenvalue weighted by molar-refractivity contribution is 7.66. The maximum Gasteiger partial charge on any atom is 0.490 e. The van der Waals surface area contributed by atoms with Gasteiger partial charge in [-0.3, -0.25) is 9.32 Å². The van der Waals surface area contributed by atoms with Crippen molar-refractivity contribution in [2.24, 2.45) is 5.92 Å². The number of hydrogen-bond acceptors (Lipinski definition) is 9. The molecule has 0 aromatic rings. The summed E-state index contributed by atoms with van der Waals surface area (Å²) in [6, 6.07) is 0. The SMILES string of the molecule is C#CC1CC(COP(=O)(O)OP(=O)(O)OP(=O)(O)O)OC1N1C=CC(=O)NC1. The van der Waals surface area contributed by atoms with Gasteiger partial charge < -0.3 is 34.5 Å². The standard InChI is InChI=1S/C11H17N2O12P3/c1-2-8-5-9(23-11(8)13-4-3-10(14)12-7-13)6-22-27(18,19)25-28(20,21)24-26(15,16)17/h1,3-4,8-9,11H,5-7H2,(H,12,14)(H,18,19)(H,20,21)(H2,15,16,17). The average Bonchev–Trinajstić information content (AvgIpc) is 2.93. The van der Waals surface area contributed by atoms with Crippen molar-refractivity contribution in [2.75, 3.05) is 13.3 Å². The highest BCUT2D eigenvalue weighted by atomic mass is 31.3. The fraction of sp³-hybridized carbons (Fsp3) is 0.545. The number of phosphoric ester groups is 1. The van der Waals surface area contributed by atoms with E-state index in [1.165, 1.54) is 12.3 Å². The van der Waals surface area contributed by atoms with Gasteiger partial charge in [0.15, 0.2) is 0 Å². The second kappa shape index (κ2) is 8.75. The lowest BCUT2D eigenvalue weighted by molar-refractivity contribution is -0.119. The van der Waals surface area contributed by atoms with Crippen molar-refractivity contribution in [1.82, 2.24) is 10.2 Å². The number of carbonyl (C=O) groups is 1. The minimum atomic E-state index is -5.59. The van der Waals surface area contributed by atoms with Crippen LogP contribution >= 0.6 is 23.5 Å². The second-order valence-electron chi connectivity index (χ2n) is 5.57. The number of amides is 1. The van der Waals surface area contributed by atoms with Crippen molar-refractivity contribution < 1.29 is 55.9 Å². The van der Waals surface area contributed by atoms with Crippen LogP contribution in [0.2, 0.25) is 0 Å². The van der Waals surface area contributed by atoms with Crippen LogP contribution in [0.15, 0.2) is 12.3 Å². The number of hydrogen-bond donors (Lipinski definition) is 5. The Morgan fingerprint density at radius 2 is 1.93 bits per heavy atom. The zero-order chi connectivity index (χ0) is 21.2. The maximum absolute atomic E-state index is 11.7. The van der Waals surface area contributed by atoms with Crippen LogP contribution in [-0.4, -0.2) is 56.0 Å². The van der Waals surface area contributed by atoms with Crippen molar-refractivity contribution in [2.45, 2.75) is 18.8 Å². The molecule has 5 atom stereocenters. The third-order valence-electron chi connectivity index (χ3n) is 3.43. The zero-order valence-electron chi connectivity index (χ0n) is 13.9. The van der Waals surface area contributed by atoms with Crippen LogP contribution in [0.3, 0.4) is 0 Å². The van der Waals surface area contributed by atoms with Gasteiger partial charge in [0.1, 0.15) is 6.23 Å². The van der Waals surface area contributed by atoms with E-state index < -0.39 is 48.3 Å². The van der Waals surface area contributed by atoms with E-state index in [9.17, 15) is 23.4 Å². The van der Waals surface area contributed by atoms with E-state index in [0.29, 0.717) is 0 Å². The summed E-state index contributed by atoms with van der Waals surface area (Å²) in [6.07, 6.45) is 6.88. The van der Waals surface area contributed by atoms with Crippen molar-refractivity contribution in [1.29, 1.82) is 0 Å². The fourth-order valence-corrected chi connectivity index (χ4v) is 5.46. The minimum Gasteiger partial charge on any atom is -0.351 e. The average molecular weight is 462 g/mol. The van der Waals surface area contributed by atoms with Crippen LogP contribution in [0.1, 0.15) is 6.42 Å². The number of rotatable bonds is 8. The summed E-state index contributed by atoms with van der Waals surface area (Å²) >= 11 is 0. The summed E-state index contributed by atoms with van der Waals surface area (Å²) in [5.41, 5.74) is 0. The van der Waals surface area contributed by atoms with Gasteiger partial charge >= 0.3 is 23.5 Å². The topological polar surface area (TPSA) is 201 Å². The normalized spacial score (nSPS) is 29.6. The molecule has 0 aliphatic carbocycles. The van der Waals surface area contributed by atoms with Gasteiger partial charge in [-0.15, -0.1) is 6.42 Å². The fourth-order valence-electron chi connectivity index (χ4n) is 2.41. The lowest BCUT2D eigenvalue weighted by Crippen LogP contribution is -2.45. The quantitative estimate of drug-likeness (QED) is 0.231. The Morgan fingerprint density at radius 1 is 1.25 bits per heavy atom. The summed E-state index contributed by atoms with van der Waals surface area (Å²) in [6.45, 7) is -0.469. The Bertz CT molecular complexity index is 818. The van der Waals surface area contributed by atoms with E-state index in [0.717, 1.165) is 0 Å². The van der Waals surface area contributed by atoms with Crippen molar-refractivity contribution >= 4 is 29.4 Å². The molecule has 0 bridgehead atoms. The van der Waals surface area contributed by atoms with Gasteiger partial charge in [0.2, 0.25) is 5.91 Å². The van der Waals surface area contributed by atoms with E-state index in [2.05, 4.69) is 24.4 Å². The first kappa shape index (κ1) is 23.2. The molecule has 1 saturated heterocycles. The number of nitrogens with one attached hydrogen (secondary N) is 1. The lowest BCUT2D eigenvalue weighted by Gasteiger charge is -2.31. The highest BCUT2D eigenvalue weighted by Gasteiger charge is 2.43. The van der Waals surface area contributed by atoms with Crippen molar-refractivity contribution in [3.8, 4) is 12.3 Å². The van der Waals surface area contributed by atoms with Gasteiger partial charge in [-0.25, -0.2) is 13.7 Å². The number of ether oxygens (including phenoxy) is 1. The highest BCUT2D eigenvalue weighted by Crippen LogP contribution is 2.66. The van der Waals surface area contributed by atoms with Gasteiger partial charge in [-0.05, 0) is 6.42 Å². The third kappa shape index (κ3) is 7.08. The van der Waals surface area contributed by atoms with Crippen LogP contribution in [-0.2, 0) is 36.4 Å². The number of phosphoric acid groups is 3. The second-order valence-corrected chi connectivity index (χ2v) is 9.99. The molecule has 0 saturated carbocycles. The largest absolute Gasteiger partial charge is 0.490 e. The van der Waals surface area contributed by atoms with E-state index >= 15 is 0 Å². The number of nitrogens with zero attached hydrogens (tertiary/aromatic N) is 1. The maximum atomic E-state index is 11.7. The zero-order valence-corrected chi connectivity index (χ0v) is 16.6. The van der Waals surface area contributed by atoms with Crippen molar-refractivity contribution in [3.63, 3.8) is 0 Å². The summed E-state index contributed by atoms with van der Waals surface area (Å²) in [4.78, 5) is 48.2. The molecule has 0 radical (unpaired) electrons. The number of terminal acetylenes is 1. The smallest absolute Gasteiger partial charge is 0.351 e. The summed E-state index contributed by atoms with van der Waals surface area (Å²) in [5.74, 6) is 1.73. The molecule has 2 rings (SSSR count). The third-order valence-corrected chi connectivity index (χ3v) is 7.23. The molecular weight excluding hydrogens is 445 g/mol. The molecule has 5 N–H and O–H groups in total. The summed E-state index contributed by atoms with van der Waals surface area (Å²) < 4.78 is 51.0. The molecule has 158 valence electrons. The van der Waals surface area contributed by atoms with Crippen LogP contribution < -0.4 is 5.32 Å². The molecule has 2 heterocycles. The van der Waals surface area contributed by atoms with Gasteiger partial charge in [0.05, 0.1) is 25.3 Å². The predicted octanol–water partition coefficient (Wildman–Crippen LogP) is -0.403. The molecule has 5 unspecified atom stereocenters. The minimum absolute atomic E-state index is 0.126. The molecule has 28 heavy (non-hydrogen) atoms. The first-order chi connectivity index (χ1) is 12.8.